The highest BCUT2D eigenvalue weighted by Gasteiger charge is 2.08. The highest BCUT2D eigenvalue weighted by Crippen LogP contribution is 2.22. The zero-order valence-electron chi connectivity index (χ0n) is 11.1. The molecular formula is C14H17N3O2. The summed E-state index contributed by atoms with van der Waals surface area (Å²) >= 11 is 0. The van der Waals surface area contributed by atoms with Crippen molar-refractivity contribution in [2.24, 2.45) is 12.8 Å². The van der Waals surface area contributed by atoms with E-state index in [2.05, 4.69) is 5.10 Å². The number of ether oxygens (including phenoxy) is 1. The second-order valence-electron chi connectivity index (χ2n) is 4.14. The third-order valence-corrected chi connectivity index (χ3v) is 2.83. The summed E-state index contributed by atoms with van der Waals surface area (Å²) in [6.07, 6.45) is 0. The minimum atomic E-state index is -0.157. The van der Waals surface area contributed by atoms with Crippen LogP contribution in [-0.4, -0.2) is 16.4 Å². The van der Waals surface area contributed by atoms with E-state index >= 15 is 0 Å². The van der Waals surface area contributed by atoms with Gasteiger partial charge in [-0.25, -0.2) is 4.68 Å². The summed E-state index contributed by atoms with van der Waals surface area (Å²) in [5.41, 5.74) is 7.90. The molecular weight excluding hydrogens is 242 g/mol. The van der Waals surface area contributed by atoms with Gasteiger partial charge in [0, 0.05) is 25.2 Å². The van der Waals surface area contributed by atoms with Gasteiger partial charge in [-0.3, -0.25) is 4.79 Å². The summed E-state index contributed by atoms with van der Waals surface area (Å²) in [7, 11) is 1.63. The van der Waals surface area contributed by atoms with Crippen molar-refractivity contribution in [3.8, 4) is 17.0 Å². The largest absolute Gasteiger partial charge is 0.494 e. The Bertz CT molecular complexity index is 618. The fraction of sp³-hybridized carbons (Fsp3) is 0.286. The molecule has 2 rings (SSSR count). The molecule has 2 aromatic rings. The Labute approximate surface area is 111 Å². The molecule has 5 heteroatoms. The van der Waals surface area contributed by atoms with Crippen LogP contribution >= 0.6 is 0 Å². The van der Waals surface area contributed by atoms with E-state index in [4.69, 9.17) is 10.5 Å². The molecule has 5 nitrogen and oxygen atoms in total. The van der Waals surface area contributed by atoms with Crippen LogP contribution in [0.5, 0.6) is 5.75 Å². The first-order valence-electron chi connectivity index (χ1n) is 6.16. The van der Waals surface area contributed by atoms with Crippen molar-refractivity contribution in [1.82, 2.24) is 9.78 Å². The van der Waals surface area contributed by atoms with Crippen LogP contribution < -0.4 is 16.0 Å². The first-order chi connectivity index (χ1) is 9.15. The third-order valence-electron chi connectivity index (χ3n) is 2.83. The normalized spacial score (nSPS) is 10.5. The van der Waals surface area contributed by atoms with Crippen molar-refractivity contribution >= 4 is 0 Å². The summed E-state index contributed by atoms with van der Waals surface area (Å²) in [6, 6.07) is 9.12. The maximum absolute atomic E-state index is 11.5. The minimum absolute atomic E-state index is 0.157. The highest BCUT2D eigenvalue weighted by atomic mass is 16.5. The molecule has 0 saturated heterocycles. The van der Waals surface area contributed by atoms with E-state index in [0.29, 0.717) is 6.61 Å². The molecule has 0 radical (unpaired) electrons. The first kappa shape index (κ1) is 13.3. The van der Waals surface area contributed by atoms with Gasteiger partial charge in [0.25, 0.3) is 5.56 Å². The molecule has 0 spiro atoms. The number of aromatic nitrogens is 2. The lowest BCUT2D eigenvalue weighted by molar-refractivity contribution is 0.340. The Hall–Kier alpha value is -2.14. The molecule has 0 saturated carbocycles. The molecule has 100 valence electrons. The van der Waals surface area contributed by atoms with Gasteiger partial charge in [0.05, 0.1) is 12.3 Å². The van der Waals surface area contributed by atoms with Crippen LogP contribution in [0.2, 0.25) is 0 Å². The fourth-order valence-corrected chi connectivity index (χ4v) is 1.85. The number of hydrogen-bond acceptors (Lipinski definition) is 4. The summed E-state index contributed by atoms with van der Waals surface area (Å²) in [4.78, 5) is 11.5. The van der Waals surface area contributed by atoms with Gasteiger partial charge in [-0.15, -0.1) is 0 Å². The average Bonchev–Trinajstić information content (AvgIpc) is 2.43. The monoisotopic (exact) mass is 259 g/mol. The van der Waals surface area contributed by atoms with Crippen molar-refractivity contribution in [2.45, 2.75) is 13.5 Å². The van der Waals surface area contributed by atoms with E-state index < -0.39 is 0 Å². The number of nitrogens with zero attached hydrogens (tertiary/aromatic N) is 2. The van der Waals surface area contributed by atoms with Crippen molar-refractivity contribution in [3.63, 3.8) is 0 Å². The van der Waals surface area contributed by atoms with Crippen LogP contribution in [0.25, 0.3) is 11.3 Å². The molecule has 19 heavy (non-hydrogen) atoms. The van der Waals surface area contributed by atoms with Gasteiger partial charge in [-0.1, -0.05) is 0 Å². The molecule has 0 aliphatic carbocycles. The zero-order chi connectivity index (χ0) is 13.8. The van der Waals surface area contributed by atoms with Gasteiger partial charge in [0.1, 0.15) is 5.75 Å². The Morgan fingerprint density at radius 3 is 2.58 bits per heavy atom. The number of aryl methyl sites for hydroxylation is 1. The fourth-order valence-electron chi connectivity index (χ4n) is 1.85. The Morgan fingerprint density at radius 1 is 1.32 bits per heavy atom. The van der Waals surface area contributed by atoms with Crippen molar-refractivity contribution < 1.29 is 4.74 Å². The van der Waals surface area contributed by atoms with Crippen LogP contribution in [-0.2, 0) is 13.6 Å². The van der Waals surface area contributed by atoms with E-state index in [-0.39, 0.29) is 12.1 Å². The highest BCUT2D eigenvalue weighted by molar-refractivity contribution is 5.63. The number of rotatable bonds is 4. The molecule has 0 fully saturated rings. The predicted octanol–water partition coefficient (Wildman–Crippen LogP) is 1.30. The second kappa shape index (κ2) is 5.67. The lowest BCUT2D eigenvalue weighted by Gasteiger charge is -2.09. The van der Waals surface area contributed by atoms with Gasteiger partial charge in [-0.05, 0) is 36.8 Å². The van der Waals surface area contributed by atoms with Crippen molar-refractivity contribution in [1.29, 1.82) is 0 Å². The summed E-state index contributed by atoms with van der Waals surface area (Å²) in [5, 5.41) is 4.27. The first-order valence-corrected chi connectivity index (χ1v) is 6.16. The molecule has 2 N–H and O–H groups in total. The lowest BCUT2D eigenvalue weighted by Crippen LogP contribution is -2.21. The van der Waals surface area contributed by atoms with Gasteiger partial charge >= 0.3 is 0 Å². The topological polar surface area (TPSA) is 70.1 Å². The predicted molar refractivity (Wildman–Crippen MR) is 74.0 cm³/mol. The van der Waals surface area contributed by atoms with E-state index in [0.717, 1.165) is 22.6 Å². The molecule has 0 unspecified atom stereocenters. The second-order valence-corrected chi connectivity index (χ2v) is 4.14. The van der Waals surface area contributed by atoms with E-state index in [1.807, 2.05) is 31.2 Å². The van der Waals surface area contributed by atoms with E-state index in [1.54, 1.807) is 7.05 Å². The number of benzene rings is 1. The van der Waals surface area contributed by atoms with E-state index in [9.17, 15) is 4.79 Å². The van der Waals surface area contributed by atoms with Crippen LogP contribution in [0.3, 0.4) is 0 Å². The maximum atomic E-state index is 11.5. The average molecular weight is 259 g/mol. The smallest absolute Gasteiger partial charge is 0.266 e. The van der Waals surface area contributed by atoms with Crippen LogP contribution in [0.1, 0.15) is 12.5 Å². The van der Waals surface area contributed by atoms with Gasteiger partial charge in [-0.2, -0.15) is 5.10 Å². The number of nitrogens with two attached hydrogens (primary N) is 1. The molecule has 0 aliphatic rings. The Balaban J connectivity index is 2.45. The Kier molecular flexibility index (Phi) is 3.97. The van der Waals surface area contributed by atoms with Crippen molar-refractivity contribution in [3.05, 3.63) is 46.2 Å². The van der Waals surface area contributed by atoms with Gasteiger partial charge in [0.2, 0.25) is 0 Å². The quantitative estimate of drug-likeness (QED) is 0.898. The van der Waals surface area contributed by atoms with Crippen LogP contribution in [0, 0.1) is 0 Å². The summed E-state index contributed by atoms with van der Waals surface area (Å²) < 4.78 is 6.71. The molecule has 0 bridgehead atoms. The zero-order valence-corrected chi connectivity index (χ0v) is 11.1. The maximum Gasteiger partial charge on any atom is 0.266 e. The third kappa shape index (κ3) is 2.82. The van der Waals surface area contributed by atoms with Crippen LogP contribution in [0.15, 0.2) is 35.1 Å². The number of hydrogen-bond donors (Lipinski definition) is 1. The summed E-state index contributed by atoms with van der Waals surface area (Å²) in [5.74, 6) is 0.811. The van der Waals surface area contributed by atoms with Crippen LogP contribution in [0.4, 0.5) is 0 Å². The molecule has 1 aromatic heterocycles. The lowest BCUT2D eigenvalue weighted by atomic mass is 10.1. The van der Waals surface area contributed by atoms with E-state index in [1.165, 1.54) is 10.7 Å². The molecule has 0 atom stereocenters. The van der Waals surface area contributed by atoms with Gasteiger partial charge in [0.15, 0.2) is 0 Å². The molecule has 0 aliphatic heterocycles. The van der Waals surface area contributed by atoms with Crippen molar-refractivity contribution in [2.75, 3.05) is 6.61 Å². The Morgan fingerprint density at radius 2 is 2.00 bits per heavy atom. The molecule has 1 heterocycles. The molecule has 1 aromatic carbocycles. The minimum Gasteiger partial charge on any atom is -0.494 e. The SMILES string of the molecule is CCOc1ccc(-c2nn(C)c(=O)cc2CN)cc1. The van der Waals surface area contributed by atoms with Gasteiger partial charge < -0.3 is 10.5 Å². The summed E-state index contributed by atoms with van der Waals surface area (Å²) in [6.45, 7) is 2.85. The molecule has 0 amide bonds. The standard InChI is InChI=1S/C14H17N3O2/c1-3-19-12-6-4-10(5-7-12)14-11(9-15)8-13(18)17(2)16-14/h4-8H,3,9,15H2,1-2H3.